The molecule has 0 aromatic heterocycles. The third-order valence-corrected chi connectivity index (χ3v) is 3.66. The summed E-state index contributed by atoms with van der Waals surface area (Å²) >= 11 is 0. The van der Waals surface area contributed by atoms with E-state index in [9.17, 15) is 9.59 Å². The largest absolute Gasteiger partial charge is 0.422 e. The topological polar surface area (TPSA) is 52.6 Å². The van der Waals surface area contributed by atoms with Gasteiger partial charge in [0.2, 0.25) is 0 Å². The van der Waals surface area contributed by atoms with Crippen LogP contribution in [0.4, 0.5) is 0 Å². The molecule has 0 aliphatic carbocycles. The third-order valence-electron chi connectivity index (χ3n) is 3.66. The molecule has 4 nitrogen and oxygen atoms in total. The second kappa shape index (κ2) is 8.85. The summed E-state index contributed by atoms with van der Waals surface area (Å²) in [5.74, 6) is -2.73. The smallest absolute Gasteiger partial charge is 0.323 e. The first-order valence-electron chi connectivity index (χ1n) is 8.03. The molecule has 0 N–H and O–H groups in total. The molecule has 4 heteroatoms. The number of carbonyl (C=O) groups excluding carboxylic acids is 2. The van der Waals surface area contributed by atoms with Gasteiger partial charge in [0.05, 0.1) is 0 Å². The van der Waals surface area contributed by atoms with E-state index in [2.05, 4.69) is 6.58 Å². The SMILES string of the molecule is C=CCCCCCCCCCC1C(=O)OC(C)(C)OC1=O. The molecule has 0 atom stereocenters. The minimum atomic E-state index is -1.11. The van der Waals surface area contributed by atoms with Gasteiger partial charge in [0.1, 0.15) is 0 Å². The minimum absolute atomic E-state index is 0.444. The molecule has 1 saturated heterocycles. The number of hydrogen-bond acceptors (Lipinski definition) is 4. The van der Waals surface area contributed by atoms with E-state index in [1.165, 1.54) is 25.7 Å². The molecule has 0 aromatic rings. The van der Waals surface area contributed by atoms with E-state index in [4.69, 9.17) is 9.47 Å². The Bertz CT molecular complexity index is 340. The molecule has 0 radical (unpaired) electrons. The van der Waals surface area contributed by atoms with Crippen molar-refractivity contribution >= 4 is 11.9 Å². The predicted molar refractivity (Wildman–Crippen MR) is 81.5 cm³/mol. The zero-order valence-corrected chi connectivity index (χ0v) is 13.4. The van der Waals surface area contributed by atoms with Gasteiger partial charge in [-0.15, -0.1) is 6.58 Å². The Kier molecular flexibility index (Phi) is 7.48. The van der Waals surface area contributed by atoms with Gasteiger partial charge in [-0.25, -0.2) is 0 Å². The first-order chi connectivity index (χ1) is 9.96. The molecule has 1 heterocycles. The van der Waals surface area contributed by atoms with Crippen molar-refractivity contribution in [2.45, 2.75) is 77.4 Å². The fraction of sp³-hybridized carbons (Fsp3) is 0.765. The van der Waals surface area contributed by atoms with Gasteiger partial charge in [-0.05, 0) is 19.3 Å². The molecular weight excluding hydrogens is 268 g/mol. The Hall–Kier alpha value is -1.32. The lowest BCUT2D eigenvalue weighted by molar-refractivity contribution is -0.240. The van der Waals surface area contributed by atoms with Crippen LogP contribution >= 0.6 is 0 Å². The number of cyclic esters (lactones) is 2. The summed E-state index contributed by atoms with van der Waals surface area (Å²) in [5.41, 5.74) is 0. The minimum Gasteiger partial charge on any atom is -0.422 e. The molecular formula is C17H28O4. The second-order valence-electron chi connectivity index (χ2n) is 6.14. The summed E-state index contributed by atoms with van der Waals surface area (Å²) in [6.45, 7) is 6.86. The van der Waals surface area contributed by atoms with Crippen molar-refractivity contribution < 1.29 is 19.1 Å². The van der Waals surface area contributed by atoms with E-state index in [-0.39, 0.29) is 0 Å². The lowest BCUT2D eigenvalue weighted by atomic mass is 9.99. The van der Waals surface area contributed by atoms with Crippen molar-refractivity contribution in [3.05, 3.63) is 12.7 Å². The lowest BCUT2D eigenvalue weighted by Gasteiger charge is -2.32. The van der Waals surface area contributed by atoms with Gasteiger partial charge in [-0.1, -0.05) is 44.6 Å². The van der Waals surface area contributed by atoms with Crippen LogP contribution in [0.3, 0.4) is 0 Å². The first kappa shape index (κ1) is 17.7. The number of rotatable bonds is 10. The van der Waals surface area contributed by atoms with E-state index in [1.807, 2.05) is 6.08 Å². The molecule has 0 saturated carbocycles. The quantitative estimate of drug-likeness (QED) is 0.263. The summed E-state index contributed by atoms with van der Waals surface area (Å²) < 4.78 is 10.2. The maximum Gasteiger partial charge on any atom is 0.323 e. The third kappa shape index (κ3) is 6.78. The first-order valence-corrected chi connectivity index (χ1v) is 8.03. The van der Waals surface area contributed by atoms with Crippen LogP contribution in [-0.2, 0) is 19.1 Å². The standard InChI is InChI=1S/C17H28O4/c1-4-5-6-7-8-9-10-11-12-13-14-15(18)20-17(2,3)21-16(14)19/h4,14H,1,5-13H2,2-3H3. The Morgan fingerprint density at radius 1 is 0.952 bits per heavy atom. The van der Waals surface area contributed by atoms with Crippen LogP contribution in [0.2, 0.25) is 0 Å². The van der Waals surface area contributed by atoms with Gasteiger partial charge in [0, 0.05) is 13.8 Å². The predicted octanol–water partition coefficient (Wildman–Crippen LogP) is 4.14. The highest BCUT2D eigenvalue weighted by Gasteiger charge is 2.42. The highest BCUT2D eigenvalue weighted by molar-refractivity contribution is 5.96. The Morgan fingerprint density at radius 2 is 1.43 bits per heavy atom. The summed E-state index contributed by atoms with van der Waals surface area (Å²) in [5, 5.41) is 0. The second-order valence-corrected chi connectivity index (χ2v) is 6.14. The maximum absolute atomic E-state index is 11.8. The van der Waals surface area contributed by atoms with Gasteiger partial charge in [0.25, 0.3) is 5.79 Å². The van der Waals surface area contributed by atoms with Crippen molar-refractivity contribution in [3.63, 3.8) is 0 Å². The average Bonchev–Trinajstić information content (AvgIpc) is 2.38. The fourth-order valence-corrected chi connectivity index (χ4v) is 2.50. The number of carbonyl (C=O) groups is 2. The molecule has 0 unspecified atom stereocenters. The Balaban J connectivity index is 2.09. The molecule has 0 amide bonds. The van der Waals surface area contributed by atoms with Gasteiger partial charge >= 0.3 is 11.9 Å². The van der Waals surface area contributed by atoms with Crippen molar-refractivity contribution in [3.8, 4) is 0 Å². The van der Waals surface area contributed by atoms with Gasteiger partial charge in [-0.2, -0.15) is 0 Å². The number of hydrogen-bond donors (Lipinski definition) is 0. The van der Waals surface area contributed by atoms with E-state index in [1.54, 1.807) is 13.8 Å². The van der Waals surface area contributed by atoms with Crippen molar-refractivity contribution in [1.82, 2.24) is 0 Å². The highest BCUT2D eigenvalue weighted by Crippen LogP contribution is 2.26. The Morgan fingerprint density at radius 3 is 1.95 bits per heavy atom. The van der Waals surface area contributed by atoms with Crippen LogP contribution in [0.25, 0.3) is 0 Å². The molecule has 120 valence electrons. The van der Waals surface area contributed by atoms with Crippen LogP contribution < -0.4 is 0 Å². The summed E-state index contributed by atoms with van der Waals surface area (Å²) in [6.07, 6.45) is 11.6. The van der Waals surface area contributed by atoms with Crippen LogP contribution in [0, 0.1) is 5.92 Å². The normalized spacial score (nSPS) is 18.2. The zero-order chi connectivity index (χ0) is 15.7. The fourth-order valence-electron chi connectivity index (χ4n) is 2.50. The number of allylic oxidation sites excluding steroid dienone is 1. The van der Waals surface area contributed by atoms with Gasteiger partial charge in [0.15, 0.2) is 5.92 Å². The Labute approximate surface area is 127 Å². The number of ether oxygens (including phenoxy) is 2. The van der Waals surface area contributed by atoms with Crippen LogP contribution in [0.15, 0.2) is 12.7 Å². The average molecular weight is 296 g/mol. The molecule has 0 bridgehead atoms. The van der Waals surface area contributed by atoms with Gasteiger partial charge < -0.3 is 9.47 Å². The van der Waals surface area contributed by atoms with Crippen molar-refractivity contribution in [1.29, 1.82) is 0 Å². The van der Waals surface area contributed by atoms with Crippen molar-refractivity contribution in [2.24, 2.45) is 5.92 Å². The molecule has 1 fully saturated rings. The number of unbranched alkanes of at least 4 members (excludes halogenated alkanes) is 7. The van der Waals surface area contributed by atoms with Crippen molar-refractivity contribution in [2.75, 3.05) is 0 Å². The monoisotopic (exact) mass is 296 g/mol. The highest BCUT2D eigenvalue weighted by atomic mass is 16.7. The zero-order valence-electron chi connectivity index (χ0n) is 13.4. The van der Waals surface area contributed by atoms with E-state index < -0.39 is 23.6 Å². The molecule has 1 rings (SSSR count). The molecule has 1 aliphatic rings. The molecule has 21 heavy (non-hydrogen) atoms. The van der Waals surface area contributed by atoms with E-state index in [0.717, 1.165) is 25.7 Å². The molecule has 0 aromatic carbocycles. The number of esters is 2. The maximum atomic E-state index is 11.8. The summed E-state index contributed by atoms with van der Waals surface area (Å²) in [6, 6.07) is 0. The molecule has 1 aliphatic heterocycles. The van der Waals surface area contributed by atoms with Crippen LogP contribution in [-0.4, -0.2) is 17.7 Å². The lowest BCUT2D eigenvalue weighted by Crippen LogP contribution is -2.46. The summed E-state index contributed by atoms with van der Waals surface area (Å²) in [7, 11) is 0. The van der Waals surface area contributed by atoms with E-state index in [0.29, 0.717) is 6.42 Å². The van der Waals surface area contributed by atoms with E-state index >= 15 is 0 Å². The molecule has 0 spiro atoms. The summed E-state index contributed by atoms with van der Waals surface area (Å²) in [4.78, 5) is 23.5. The van der Waals surface area contributed by atoms with Crippen LogP contribution in [0.1, 0.15) is 71.6 Å². The van der Waals surface area contributed by atoms with Crippen LogP contribution in [0.5, 0.6) is 0 Å². The van der Waals surface area contributed by atoms with Gasteiger partial charge in [-0.3, -0.25) is 9.59 Å².